The Labute approximate surface area is 178 Å². The number of anilines is 1. The lowest BCUT2D eigenvalue weighted by Gasteiger charge is -2.48. The van der Waals surface area contributed by atoms with Crippen LogP contribution in [0.4, 0.5) is 5.69 Å². The number of piperidine rings is 1. The molecule has 3 fully saturated rings. The Morgan fingerprint density at radius 2 is 1.97 bits per heavy atom. The molecule has 2 aromatic rings. The van der Waals surface area contributed by atoms with E-state index in [0.717, 1.165) is 37.5 Å². The molecule has 160 valence electrons. The van der Waals surface area contributed by atoms with Gasteiger partial charge in [-0.05, 0) is 54.5 Å². The van der Waals surface area contributed by atoms with Crippen molar-refractivity contribution < 1.29 is 14.6 Å². The van der Waals surface area contributed by atoms with Crippen LogP contribution in [-0.4, -0.2) is 53.2 Å². The fourth-order valence-electron chi connectivity index (χ4n) is 4.95. The Kier molecular flexibility index (Phi) is 5.95. The van der Waals surface area contributed by atoms with Gasteiger partial charge in [-0.3, -0.25) is 4.79 Å². The predicted octanol–water partition coefficient (Wildman–Crippen LogP) is 3.71. The van der Waals surface area contributed by atoms with Crippen molar-refractivity contribution in [1.82, 2.24) is 9.88 Å². The van der Waals surface area contributed by atoms with Gasteiger partial charge in [0.15, 0.2) is 0 Å². The second-order valence-electron chi connectivity index (χ2n) is 9.12. The first-order valence-corrected chi connectivity index (χ1v) is 10.8. The van der Waals surface area contributed by atoms with Gasteiger partial charge in [-0.25, -0.2) is 4.98 Å². The van der Waals surface area contributed by atoms with Gasteiger partial charge in [0.05, 0.1) is 6.04 Å². The molecule has 0 aliphatic carbocycles. The predicted molar refractivity (Wildman–Crippen MR) is 117 cm³/mol. The molecule has 0 unspecified atom stereocenters. The van der Waals surface area contributed by atoms with E-state index in [1.807, 2.05) is 35.2 Å². The van der Waals surface area contributed by atoms with Crippen molar-refractivity contribution >= 4 is 11.6 Å². The quantitative estimate of drug-likeness (QED) is 0.788. The molecule has 1 N–H and O–H groups in total. The molecule has 0 radical (unpaired) electrons. The Balaban J connectivity index is 1.52. The van der Waals surface area contributed by atoms with Gasteiger partial charge in [-0.1, -0.05) is 19.9 Å². The number of nitrogens with zero attached hydrogens (tertiary/aromatic N) is 3. The molecular formula is C24H31N3O3. The number of rotatable bonds is 6. The summed E-state index contributed by atoms with van der Waals surface area (Å²) in [5.41, 5.74) is 1.29. The van der Waals surface area contributed by atoms with Crippen molar-refractivity contribution in [2.24, 2.45) is 11.3 Å². The van der Waals surface area contributed by atoms with Crippen LogP contribution in [0.5, 0.6) is 11.6 Å². The molecule has 6 heteroatoms. The fourth-order valence-corrected chi connectivity index (χ4v) is 4.95. The van der Waals surface area contributed by atoms with Gasteiger partial charge in [0, 0.05) is 50.6 Å². The summed E-state index contributed by atoms with van der Waals surface area (Å²) in [7, 11) is 0. The van der Waals surface area contributed by atoms with Crippen molar-refractivity contribution in [3.8, 4) is 11.6 Å². The van der Waals surface area contributed by atoms with Crippen molar-refractivity contribution in [1.29, 1.82) is 0 Å². The van der Waals surface area contributed by atoms with Gasteiger partial charge in [0.25, 0.3) is 0 Å². The number of carbonyl (C=O) groups excluding carboxylic acids is 1. The van der Waals surface area contributed by atoms with Gasteiger partial charge < -0.3 is 19.6 Å². The zero-order valence-electron chi connectivity index (χ0n) is 17.8. The summed E-state index contributed by atoms with van der Waals surface area (Å²) in [5.74, 6) is 1.95. The van der Waals surface area contributed by atoms with Crippen LogP contribution in [-0.2, 0) is 4.79 Å². The van der Waals surface area contributed by atoms with Crippen LogP contribution in [0.1, 0.15) is 33.1 Å². The van der Waals surface area contributed by atoms with Gasteiger partial charge in [-0.2, -0.15) is 0 Å². The highest BCUT2D eigenvalue weighted by molar-refractivity contribution is 5.76. The monoisotopic (exact) mass is 409 g/mol. The standard InChI is InChI=1S/C24H31N3O3/c1-24(2)14-18-15-26(23(29)7-5-13-28)17-21(24)27(16-18)19-8-10-20(11-9-19)30-22-6-3-4-12-25-22/h3-4,6,8-12,18,21,28H,5,7,13-17H2,1-2H3/t18-,21-/m1/s1. The van der Waals surface area contributed by atoms with Crippen molar-refractivity contribution in [2.75, 3.05) is 31.1 Å². The number of aliphatic hydroxyl groups is 1. The number of aliphatic hydroxyl groups excluding tert-OH is 1. The molecule has 4 heterocycles. The van der Waals surface area contributed by atoms with E-state index in [0.29, 0.717) is 24.6 Å². The highest BCUT2D eigenvalue weighted by Crippen LogP contribution is 2.43. The fraction of sp³-hybridized carbons (Fsp3) is 0.500. The zero-order valence-corrected chi connectivity index (χ0v) is 17.8. The molecule has 2 atom stereocenters. The third-order valence-electron chi connectivity index (χ3n) is 6.35. The highest BCUT2D eigenvalue weighted by Gasteiger charge is 2.46. The van der Waals surface area contributed by atoms with Crippen LogP contribution in [0.3, 0.4) is 0 Å². The van der Waals surface area contributed by atoms with E-state index in [9.17, 15) is 4.79 Å². The van der Waals surface area contributed by atoms with E-state index in [1.165, 1.54) is 0 Å². The number of ether oxygens (including phenoxy) is 1. The first kappa shape index (κ1) is 20.7. The lowest BCUT2D eigenvalue weighted by molar-refractivity contribution is -0.131. The third kappa shape index (κ3) is 4.43. The Morgan fingerprint density at radius 1 is 1.17 bits per heavy atom. The van der Waals surface area contributed by atoms with E-state index in [-0.39, 0.29) is 24.0 Å². The summed E-state index contributed by atoms with van der Waals surface area (Å²) in [6.07, 6.45) is 3.80. The minimum absolute atomic E-state index is 0.0664. The van der Waals surface area contributed by atoms with E-state index < -0.39 is 0 Å². The number of carbonyl (C=O) groups is 1. The summed E-state index contributed by atoms with van der Waals surface area (Å²) in [6, 6.07) is 14.0. The Hall–Kier alpha value is -2.60. The number of aromatic nitrogens is 1. The number of hydrogen-bond donors (Lipinski definition) is 1. The molecular weight excluding hydrogens is 378 g/mol. The molecule has 2 bridgehead atoms. The van der Waals surface area contributed by atoms with Crippen molar-refractivity contribution in [3.63, 3.8) is 0 Å². The van der Waals surface area contributed by atoms with Crippen LogP contribution in [0.2, 0.25) is 0 Å². The normalized spacial score (nSPS) is 22.6. The van der Waals surface area contributed by atoms with E-state index in [4.69, 9.17) is 9.84 Å². The largest absolute Gasteiger partial charge is 0.439 e. The van der Waals surface area contributed by atoms with Crippen LogP contribution < -0.4 is 9.64 Å². The average molecular weight is 410 g/mol. The molecule has 6 nitrogen and oxygen atoms in total. The SMILES string of the molecule is CC1(C)C[C@@H]2CN(C(=O)CCCO)C[C@H]1N(c1ccc(Oc3ccccn3)cc1)C2. The number of amides is 1. The summed E-state index contributed by atoms with van der Waals surface area (Å²) in [5, 5.41) is 9.08. The number of benzene rings is 1. The third-order valence-corrected chi connectivity index (χ3v) is 6.35. The number of hydrogen-bond acceptors (Lipinski definition) is 5. The van der Waals surface area contributed by atoms with E-state index >= 15 is 0 Å². The maximum absolute atomic E-state index is 12.7. The molecule has 3 saturated heterocycles. The van der Waals surface area contributed by atoms with Gasteiger partial charge >= 0.3 is 0 Å². The second kappa shape index (κ2) is 8.64. The maximum atomic E-state index is 12.7. The topological polar surface area (TPSA) is 65.9 Å². The molecule has 1 amide bonds. The van der Waals surface area contributed by atoms with E-state index in [1.54, 1.807) is 6.20 Å². The molecule has 0 saturated carbocycles. The van der Waals surface area contributed by atoms with Crippen LogP contribution in [0, 0.1) is 11.3 Å². The summed E-state index contributed by atoms with van der Waals surface area (Å²) in [6.45, 7) is 7.20. The van der Waals surface area contributed by atoms with Crippen molar-refractivity contribution in [3.05, 3.63) is 48.7 Å². The molecule has 3 aliphatic rings. The minimum Gasteiger partial charge on any atom is -0.439 e. The first-order chi connectivity index (χ1) is 14.5. The molecule has 1 aromatic carbocycles. The Morgan fingerprint density at radius 3 is 2.67 bits per heavy atom. The minimum atomic E-state index is 0.0664. The molecule has 1 aromatic heterocycles. The van der Waals surface area contributed by atoms with Crippen LogP contribution in [0.25, 0.3) is 0 Å². The lowest BCUT2D eigenvalue weighted by Crippen LogP contribution is -2.54. The molecule has 30 heavy (non-hydrogen) atoms. The molecule has 0 spiro atoms. The van der Waals surface area contributed by atoms with Crippen LogP contribution in [0.15, 0.2) is 48.7 Å². The zero-order chi connectivity index (χ0) is 21.1. The van der Waals surface area contributed by atoms with Crippen molar-refractivity contribution in [2.45, 2.75) is 39.2 Å². The summed E-state index contributed by atoms with van der Waals surface area (Å²) < 4.78 is 5.83. The maximum Gasteiger partial charge on any atom is 0.222 e. The number of fused-ring (bicyclic) bond motifs is 4. The smallest absolute Gasteiger partial charge is 0.222 e. The summed E-state index contributed by atoms with van der Waals surface area (Å²) in [4.78, 5) is 21.4. The first-order valence-electron chi connectivity index (χ1n) is 10.8. The van der Waals surface area contributed by atoms with Gasteiger partial charge in [0.2, 0.25) is 11.8 Å². The Bertz CT molecular complexity index is 854. The lowest BCUT2D eigenvalue weighted by atomic mass is 9.73. The second-order valence-corrected chi connectivity index (χ2v) is 9.12. The van der Waals surface area contributed by atoms with E-state index in [2.05, 4.69) is 35.9 Å². The average Bonchev–Trinajstić information content (AvgIpc) is 3.00. The van der Waals surface area contributed by atoms with Gasteiger partial charge in [-0.15, -0.1) is 0 Å². The number of pyridine rings is 1. The summed E-state index contributed by atoms with van der Waals surface area (Å²) >= 11 is 0. The highest BCUT2D eigenvalue weighted by atomic mass is 16.5. The molecule has 5 rings (SSSR count). The van der Waals surface area contributed by atoms with Gasteiger partial charge in [0.1, 0.15) is 5.75 Å². The van der Waals surface area contributed by atoms with Crippen LogP contribution >= 0.6 is 0 Å². The molecule has 3 aliphatic heterocycles.